The number of amides is 2. The van der Waals surface area contributed by atoms with Gasteiger partial charge in [-0.05, 0) is 18.6 Å². The van der Waals surface area contributed by atoms with Crippen molar-refractivity contribution in [3.8, 4) is 0 Å². The van der Waals surface area contributed by atoms with Gasteiger partial charge in [0.05, 0.1) is 34.8 Å². The van der Waals surface area contributed by atoms with E-state index in [1.54, 1.807) is 24.3 Å². The lowest BCUT2D eigenvalue weighted by molar-refractivity contribution is -0.129. The Morgan fingerprint density at radius 2 is 1.52 bits per heavy atom. The summed E-state index contributed by atoms with van der Waals surface area (Å²) in [7, 11) is 0. The van der Waals surface area contributed by atoms with Crippen LogP contribution in [0.1, 0.15) is 6.42 Å². The molecule has 2 bridgehead atoms. The zero-order valence-corrected chi connectivity index (χ0v) is 11.8. The van der Waals surface area contributed by atoms with Crippen molar-refractivity contribution in [3.05, 3.63) is 29.3 Å². The van der Waals surface area contributed by atoms with Crippen molar-refractivity contribution >= 4 is 29.1 Å². The van der Waals surface area contributed by atoms with Crippen molar-refractivity contribution in [2.45, 2.75) is 18.6 Å². The first kappa shape index (κ1) is 13.2. The molecule has 2 N–H and O–H groups in total. The highest BCUT2D eigenvalue weighted by molar-refractivity contribution is 6.36. The number of imide groups is 1. The maximum atomic E-state index is 12.6. The van der Waals surface area contributed by atoms with Crippen LogP contribution in [0.5, 0.6) is 0 Å². The lowest BCUT2D eigenvalue weighted by Gasteiger charge is -2.29. The van der Waals surface area contributed by atoms with E-state index in [1.165, 1.54) is 0 Å². The van der Waals surface area contributed by atoms with Crippen LogP contribution in [0.25, 0.3) is 0 Å². The van der Waals surface area contributed by atoms with Crippen LogP contribution in [0.15, 0.2) is 24.3 Å². The van der Waals surface area contributed by atoms with Crippen molar-refractivity contribution in [1.29, 1.82) is 0 Å². The van der Waals surface area contributed by atoms with E-state index in [1.807, 2.05) is 0 Å². The third-order valence-electron chi connectivity index (χ3n) is 5.19. The summed E-state index contributed by atoms with van der Waals surface area (Å²) in [5.74, 6) is -2.35. The SMILES string of the molecule is O=C1[C@@H]2[C@H]3C[C@H]([C@H](O)[C@@H]3O)[C@@H]2C(=O)N1c1ccccc1Cl. The molecule has 2 aliphatic carbocycles. The van der Waals surface area contributed by atoms with Crippen molar-refractivity contribution in [2.24, 2.45) is 23.7 Å². The molecule has 4 rings (SSSR count). The van der Waals surface area contributed by atoms with Crippen molar-refractivity contribution in [1.82, 2.24) is 0 Å². The number of rotatable bonds is 1. The minimum atomic E-state index is -0.917. The molecule has 0 spiro atoms. The van der Waals surface area contributed by atoms with E-state index in [0.29, 0.717) is 17.1 Å². The number of benzene rings is 1. The molecule has 0 radical (unpaired) electrons. The number of para-hydroxylation sites is 1. The number of hydrogen-bond donors (Lipinski definition) is 2. The molecule has 6 atom stereocenters. The lowest BCUT2D eigenvalue weighted by atomic mass is 9.78. The Kier molecular flexibility index (Phi) is 2.70. The second-order valence-corrected chi connectivity index (χ2v) is 6.47. The standard InChI is InChI=1S/C15H14ClNO4/c16-8-3-1-2-4-9(8)17-14(20)10-6-5-7(11(10)15(17)21)13(19)12(6)18/h1-4,6-7,10-13,18-19H,5H2/t6-,7+,10-,11+,12-,13+. The Morgan fingerprint density at radius 3 is 2.05 bits per heavy atom. The van der Waals surface area contributed by atoms with E-state index in [4.69, 9.17) is 11.6 Å². The summed E-state index contributed by atoms with van der Waals surface area (Å²) in [6.07, 6.45) is -1.30. The quantitative estimate of drug-likeness (QED) is 0.753. The molecule has 3 fully saturated rings. The number of nitrogens with zero attached hydrogens (tertiary/aromatic N) is 1. The van der Waals surface area contributed by atoms with Crippen LogP contribution in [0.2, 0.25) is 5.02 Å². The van der Waals surface area contributed by atoms with Crippen LogP contribution in [-0.2, 0) is 9.59 Å². The number of hydrogen-bond acceptors (Lipinski definition) is 4. The highest BCUT2D eigenvalue weighted by atomic mass is 35.5. The van der Waals surface area contributed by atoms with Crippen LogP contribution >= 0.6 is 11.6 Å². The molecule has 110 valence electrons. The smallest absolute Gasteiger partial charge is 0.238 e. The summed E-state index contributed by atoms with van der Waals surface area (Å²) in [6.45, 7) is 0. The van der Waals surface area contributed by atoms with E-state index < -0.39 is 24.0 Å². The Morgan fingerprint density at radius 1 is 1.00 bits per heavy atom. The zero-order chi connectivity index (χ0) is 14.9. The molecule has 1 aromatic rings. The van der Waals surface area contributed by atoms with E-state index in [9.17, 15) is 19.8 Å². The molecule has 1 heterocycles. The van der Waals surface area contributed by atoms with E-state index >= 15 is 0 Å². The topological polar surface area (TPSA) is 77.8 Å². The summed E-state index contributed by atoms with van der Waals surface area (Å²) in [4.78, 5) is 26.4. The van der Waals surface area contributed by atoms with E-state index in [0.717, 1.165) is 4.90 Å². The van der Waals surface area contributed by atoms with Gasteiger partial charge in [-0.25, -0.2) is 4.90 Å². The number of aliphatic hydroxyl groups excluding tert-OH is 2. The molecular formula is C15H14ClNO4. The van der Waals surface area contributed by atoms with Crippen LogP contribution < -0.4 is 4.90 Å². The van der Waals surface area contributed by atoms with Crippen LogP contribution in [-0.4, -0.2) is 34.2 Å². The molecule has 1 aliphatic heterocycles. The Bertz CT molecular complexity index is 616. The fraction of sp³-hybridized carbons (Fsp3) is 0.467. The Labute approximate surface area is 126 Å². The van der Waals surface area contributed by atoms with Crippen molar-refractivity contribution in [3.63, 3.8) is 0 Å². The Hall–Kier alpha value is -1.43. The number of halogens is 1. The first-order chi connectivity index (χ1) is 10.0. The normalized spacial score (nSPS) is 41.0. The molecule has 1 aromatic carbocycles. The van der Waals surface area contributed by atoms with E-state index in [2.05, 4.69) is 0 Å². The zero-order valence-electron chi connectivity index (χ0n) is 11.0. The summed E-state index contributed by atoms with van der Waals surface area (Å²) in [5, 5.41) is 20.3. The third-order valence-corrected chi connectivity index (χ3v) is 5.51. The molecule has 21 heavy (non-hydrogen) atoms. The van der Waals surface area contributed by atoms with Gasteiger partial charge in [-0.2, -0.15) is 0 Å². The molecule has 5 nitrogen and oxygen atoms in total. The predicted octanol–water partition coefficient (Wildman–Crippen LogP) is 0.817. The first-order valence-electron chi connectivity index (χ1n) is 7.01. The summed E-state index contributed by atoms with van der Waals surface area (Å²) in [5.41, 5.74) is 0.381. The second-order valence-electron chi connectivity index (χ2n) is 6.06. The average molecular weight is 308 g/mol. The van der Waals surface area contributed by atoms with Gasteiger partial charge < -0.3 is 10.2 Å². The molecular weight excluding hydrogens is 294 g/mol. The number of carbonyl (C=O) groups is 2. The average Bonchev–Trinajstić information content (AvgIpc) is 3.06. The molecule has 1 saturated heterocycles. The highest BCUT2D eigenvalue weighted by Gasteiger charge is 2.67. The molecule has 0 aromatic heterocycles. The number of carbonyl (C=O) groups excluding carboxylic acids is 2. The molecule has 2 saturated carbocycles. The van der Waals surface area contributed by atoms with Gasteiger partial charge >= 0.3 is 0 Å². The fourth-order valence-corrected chi connectivity index (χ4v) is 4.52. The van der Waals surface area contributed by atoms with Gasteiger partial charge in [-0.15, -0.1) is 0 Å². The summed E-state index contributed by atoms with van der Waals surface area (Å²) >= 11 is 6.09. The fourth-order valence-electron chi connectivity index (χ4n) is 4.30. The van der Waals surface area contributed by atoms with E-state index in [-0.39, 0.29) is 23.7 Å². The maximum absolute atomic E-state index is 12.6. The molecule has 6 heteroatoms. The predicted molar refractivity (Wildman–Crippen MR) is 74.5 cm³/mol. The van der Waals surface area contributed by atoms with Crippen molar-refractivity contribution < 1.29 is 19.8 Å². The van der Waals surface area contributed by atoms with Crippen LogP contribution in [0.4, 0.5) is 5.69 Å². The molecule has 2 amide bonds. The minimum absolute atomic E-state index is 0.309. The van der Waals surface area contributed by atoms with Gasteiger partial charge in [0.1, 0.15) is 0 Å². The third kappa shape index (κ3) is 1.54. The minimum Gasteiger partial charge on any atom is -0.390 e. The van der Waals surface area contributed by atoms with Gasteiger partial charge in [0, 0.05) is 11.8 Å². The summed E-state index contributed by atoms with van der Waals surface area (Å²) in [6, 6.07) is 6.71. The van der Waals surface area contributed by atoms with Gasteiger partial charge in [-0.3, -0.25) is 9.59 Å². The first-order valence-corrected chi connectivity index (χ1v) is 7.38. The van der Waals surface area contributed by atoms with Crippen LogP contribution in [0.3, 0.4) is 0 Å². The van der Waals surface area contributed by atoms with Gasteiger partial charge in [-0.1, -0.05) is 23.7 Å². The number of fused-ring (bicyclic) bond motifs is 5. The van der Waals surface area contributed by atoms with Crippen molar-refractivity contribution in [2.75, 3.05) is 4.90 Å². The monoisotopic (exact) mass is 307 g/mol. The molecule has 0 unspecified atom stereocenters. The van der Waals surface area contributed by atoms with Gasteiger partial charge in [0.25, 0.3) is 0 Å². The second kappa shape index (κ2) is 4.29. The van der Waals surface area contributed by atoms with Gasteiger partial charge in [0.2, 0.25) is 11.8 Å². The van der Waals surface area contributed by atoms with Gasteiger partial charge in [0.15, 0.2) is 0 Å². The highest BCUT2D eigenvalue weighted by Crippen LogP contribution is 2.57. The number of aliphatic hydroxyl groups is 2. The largest absolute Gasteiger partial charge is 0.390 e. The summed E-state index contributed by atoms with van der Waals surface area (Å²) < 4.78 is 0. The van der Waals surface area contributed by atoms with Crippen LogP contribution in [0, 0.1) is 23.7 Å². The maximum Gasteiger partial charge on any atom is 0.238 e. The molecule has 3 aliphatic rings. The number of anilines is 1. The Balaban J connectivity index is 1.77. The lowest BCUT2D eigenvalue weighted by Crippen LogP contribution is -2.43.